The molecule has 0 radical (unpaired) electrons. The Balaban J connectivity index is 1.25. The van der Waals surface area contributed by atoms with Gasteiger partial charge in [-0.1, -0.05) is 126 Å². The first kappa shape index (κ1) is 55.3. The monoisotopic (exact) mass is 1190 g/mol. The highest BCUT2D eigenvalue weighted by Gasteiger charge is 2.49. The van der Waals surface area contributed by atoms with Gasteiger partial charge >= 0.3 is 30.4 Å². The Bertz CT molecular complexity index is 3820. The SMILES string of the molecule is CCCC1c2cc3c4cc2OP(=O)(c2ccccc2)Oc2c1cc1c(c2C)OP(=O)(c2ccccc2)Oc2c(cc5c(c2C)O[P@@](=O)(c2ccccc2)Oc2c(cc(c(c2C)OP(=O)(c2ccccc2)O4)C3CCC)C5CCC)C1CCC. The second-order valence-electron chi connectivity index (χ2n) is 22.4. The summed E-state index contributed by atoms with van der Waals surface area (Å²) in [5, 5.41) is 1.18. The Morgan fingerprint density at radius 1 is 0.289 bits per heavy atom. The van der Waals surface area contributed by atoms with Gasteiger partial charge < -0.3 is 36.2 Å². The largest absolute Gasteiger partial charge is 0.462 e. The smallest absolute Gasteiger partial charge is 0.412 e. The molecule has 0 amide bonds. The summed E-state index contributed by atoms with van der Waals surface area (Å²) in [6.07, 6.45) is 5.26. The maximum Gasteiger partial charge on any atom is 0.462 e. The summed E-state index contributed by atoms with van der Waals surface area (Å²) in [5.41, 5.74) is 7.37. The van der Waals surface area contributed by atoms with Crippen LogP contribution in [0, 0.1) is 20.8 Å². The van der Waals surface area contributed by atoms with Gasteiger partial charge in [0, 0.05) is 90.9 Å². The van der Waals surface area contributed by atoms with E-state index < -0.39 is 54.1 Å². The van der Waals surface area contributed by atoms with E-state index in [-0.39, 0.29) is 46.0 Å². The molecular formula is C67H66O12P4. The quantitative estimate of drug-likeness (QED) is 0.107. The summed E-state index contributed by atoms with van der Waals surface area (Å²) in [4.78, 5) is 0. The van der Waals surface area contributed by atoms with E-state index in [4.69, 9.17) is 36.2 Å². The van der Waals surface area contributed by atoms with Crippen LogP contribution >= 0.6 is 30.4 Å². The van der Waals surface area contributed by atoms with Crippen molar-refractivity contribution in [3.05, 3.63) is 213 Å². The predicted molar refractivity (Wildman–Crippen MR) is 327 cm³/mol. The molecule has 1 aliphatic carbocycles. The third-order valence-electron chi connectivity index (χ3n) is 17.0. The summed E-state index contributed by atoms with van der Waals surface area (Å²) in [7, 11) is -17.9. The highest BCUT2D eigenvalue weighted by atomic mass is 31.2. The van der Waals surface area contributed by atoms with Crippen molar-refractivity contribution in [2.75, 3.05) is 0 Å². The zero-order valence-corrected chi connectivity index (χ0v) is 51.2. The fourth-order valence-corrected chi connectivity index (χ4v) is 19.9. The second-order valence-corrected chi connectivity index (χ2v) is 29.9. The van der Waals surface area contributed by atoms with E-state index in [1.807, 2.05) is 45.0 Å². The molecule has 5 aliphatic rings. The Morgan fingerprint density at radius 3 is 0.723 bits per heavy atom. The second kappa shape index (κ2) is 21.3. The first-order valence-corrected chi connectivity index (χ1v) is 35.2. The van der Waals surface area contributed by atoms with E-state index in [0.717, 1.165) is 70.2 Å². The average Bonchev–Trinajstić information content (AvgIpc) is 2.96. The molecule has 16 heteroatoms. The maximum absolute atomic E-state index is 16.5. The molecule has 8 aromatic carbocycles. The topological polar surface area (TPSA) is 142 Å². The normalized spacial score (nSPS) is 24.9. The van der Waals surface area contributed by atoms with Gasteiger partial charge in [-0.25, -0.2) is 18.3 Å². The van der Waals surface area contributed by atoms with Gasteiger partial charge in [-0.05, 0) is 119 Å². The summed E-state index contributed by atoms with van der Waals surface area (Å²) in [5.74, 6) is 0.351. The van der Waals surface area contributed by atoms with Crippen molar-refractivity contribution in [1.29, 1.82) is 0 Å². The van der Waals surface area contributed by atoms with Crippen LogP contribution in [0.15, 0.2) is 152 Å². The Kier molecular flexibility index (Phi) is 14.2. The maximum atomic E-state index is 16.5. The molecule has 426 valence electrons. The lowest BCUT2D eigenvalue weighted by Crippen LogP contribution is -2.25. The molecule has 13 rings (SSSR count). The highest BCUT2D eigenvalue weighted by molar-refractivity contribution is 7.64. The molecule has 12 nitrogen and oxygen atoms in total. The van der Waals surface area contributed by atoms with E-state index >= 15 is 18.3 Å². The summed E-state index contributed by atoms with van der Waals surface area (Å²) < 4.78 is 123. The summed E-state index contributed by atoms with van der Waals surface area (Å²) in [6, 6.07) is 45.7. The van der Waals surface area contributed by atoms with Gasteiger partial charge in [0.2, 0.25) is 0 Å². The molecule has 8 bridgehead atoms. The number of benzene rings is 8. The van der Waals surface area contributed by atoms with Crippen molar-refractivity contribution in [3.8, 4) is 46.0 Å². The van der Waals surface area contributed by atoms with Crippen LogP contribution in [-0.2, 0) is 18.3 Å². The van der Waals surface area contributed by atoms with Gasteiger partial charge in [-0.2, -0.15) is 0 Å². The van der Waals surface area contributed by atoms with Gasteiger partial charge in [0.1, 0.15) is 46.0 Å². The van der Waals surface area contributed by atoms with Crippen LogP contribution in [0.2, 0.25) is 0 Å². The minimum absolute atomic E-state index is 0.241. The zero-order valence-electron chi connectivity index (χ0n) is 47.6. The molecule has 8 aromatic rings. The first-order chi connectivity index (χ1) is 40.1. The zero-order chi connectivity index (χ0) is 57.6. The van der Waals surface area contributed by atoms with Crippen molar-refractivity contribution in [2.24, 2.45) is 0 Å². The number of rotatable bonds is 12. The molecule has 0 spiro atoms. The molecule has 7 unspecified atom stereocenters. The lowest BCUT2D eigenvalue weighted by atomic mass is 9.75. The lowest BCUT2D eigenvalue weighted by Gasteiger charge is -2.39. The van der Waals surface area contributed by atoms with Gasteiger partial charge in [0.25, 0.3) is 0 Å². The van der Waals surface area contributed by atoms with Crippen LogP contribution in [0.3, 0.4) is 0 Å². The van der Waals surface area contributed by atoms with Crippen molar-refractivity contribution in [3.63, 3.8) is 0 Å². The van der Waals surface area contributed by atoms with Gasteiger partial charge in [-0.3, -0.25) is 0 Å². The molecule has 8 atom stereocenters. The molecule has 0 aromatic heterocycles. The van der Waals surface area contributed by atoms with Crippen LogP contribution in [0.1, 0.15) is 164 Å². The molecule has 0 saturated carbocycles. The standard InChI is InChI=1S/C67H66O12P4/c1-8-24-48-52-36-53-49(25-9-2)55-38-57-51(27-11-4)59-39-58-50(26-10-3)56-37-54(48)62-41(5)64(56)76-82(70,46-32-20-14-21-33-46)78-66(58)43(7)67(59)79-83(71,47-34-22-15-23-35-47)77-65(57)42(6)63(55)75-81(69,45-30-18-13-19-31-45)73-61(53)40-60(52)72-80(68,74-62)44-28-16-12-17-29-44/h12-23,28-40,48-51H,8-11,24-27H2,1-7H3/t48?,49?,50?,51?,80?,81?,82-,83?/m1/s1. The number of hydrogen-bond donors (Lipinski definition) is 0. The molecular weight excluding hydrogens is 1120 g/mol. The Labute approximate surface area is 485 Å². The van der Waals surface area contributed by atoms with Crippen molar-refractivity contribution < 1.29 is 54.5 Å². The highest BCUT2D eigenvalue weighted by Crippen LogP contribution is 2.67. The number of hydrogen-bond acceptors (Lipinski definition) is 12. The van der Waals surface area contributed by atoms with Crippen molar-refractivity contribution >= 4 is 51.6 Å². The molecule has 0 fully saturated rings. The third-order valence-corrected chi connectivity index (χ3v) is 24.1. The Morgan fingerprint density at radius 2 is 0.494 bits per heavy atom. The van der Waals surface area contributed by atoms with E-state index in [2.05, 4.69) is 52.0 Å². The fourth-order valence-electron chi connectivity index (χ4n) is 13.1. The van der Waals surface area contributed by atoms with Crippen LogP contribution in [-0.4, -0.2) is 0 Å². The van der Waals surface area contributed by atoms with Gasteiger partial charge in [-0.15, -0.1) is 0 Å². The minimum Gasteiger partial charge on any atom is -0.412 e. The van der Waals surface area contributed by atoms with Crippen LogP contribution in [0.25, 0.3) is 0 Å². The molecule has 4 aliphatic heterocycles. The van der Waals surface area contributed by atoms with Crippen LogP contribution < -0.4 is 57.4 Å². The minimum atomic E-state index is -4.48. The van der Waals surface area contributed by atoms with Crippen LogP contribution in [0.4, 0.5) is 0 Å². The molecule has 0 N–H and O–H groups in total. The third kappa shape index (κ3) is 9.17. The Hall–Kier alpha value is -6.92. The first-order valence-electron chi connectivity index (χ1n) is 29.0. The summed E-state index contributed by atoms with van der Waals surface area (Å²) in [6.45, 7) is 14.2. The van der Waals surface area contributed by atoms with Crippen LogP contribution in [0.5, 0.6) is 46.0 Å². The van der Waals surface area contributed by atoms with E-state index in [1.54, 1.807) is 103 Å². The predicted octanol–water partition coefficient (Wildman–Crippen LogP) is 17.8. The summed E-state index contributed by atoms with van der Waals surface area (Å²) >= 11 is 0. The van der Waals surface area contributed by atoms with E-state index in [9.17, 15) is 0 Å². The molecule has 83 heavy (non-hydrogen) atoms. The van der Waals surface area contributed by atoms with Crippen molar-refractivity contribution in [2.45, 2.75) is 124 Å². The van der Waals surface area contributed by atoms with Gasteiger partial charge in [0.05, 0.1) is 21.2 Å². The fraction of sp³-hybridized carbons (Fsp3) is 0.284. The van der Waals surface area contributed by atoms with Gasteiger partial charge in [0.15, 0.2) is 0 Å². The van der Waals surface area contributed by atoms with Crippen molar-refractivity contribution in [1.82, 2.24) is 0 Å². The van der Waals surface area contributed by atoms with E-state index in [0.29, 0.717) is 63.6 Å². The molecule has 0 saturated heterocycles. The van der Waals surface area contributed by atoms with E-state index in [1.165, 1.54) is 0 Å². The molecule has 4 heterocycles. The lowest BCUT2D eigenvalue weighted by molar-refractivity contribution is 0.368. The average molecular weight is 1190 g/mol.